The van der Waals surface area contributed by atoms with E-state index in [2.05, 4.69) is 41.8 Å². The van der Waals surface area contributed by atoms with Crippen molar-refractivity contribution in [2.24, 2.45) is 23.2 Å². The van der Waals surface area contributed by atoms with Crippen LogP contribution in [0.4, 0.5) is 0 Å². The zero-order valence-corrected chi connectivity index (χ0v) is 17.7. The summed E-state index contributed by atoms with van der Waals surface area (Å²) in [5.74, 6) is 2.36. The number of hydrogen-bond acceptors (Lipinski definition) is 2. The van der Waals surface area contributed by atoms with Gasteiger partial charge in [-0.25, -0.2) is 0 Å². The van der Waals surface area contributed by atoms with Crippen molar-refractivity contribution in [3.63, 3.8) is 0 Å². The van der Waals surface area contributed by atoms with E-state index < -0.39 is 12.2 Å². The Kier molecular flexibility index (Phi) is 6.48. The average Bonchev–Trinajstić information content (AvgIpc) is 2.94. The predicted octanol–water partition coefficient (Wildman–Crippen LogP) is 5.03. The largest absolute Gasteiger partial charge is 0.393 e. The standard InChI is InChI=1S/C23H37O2P/c1-15(10-12-26)20-8-9-21-17(5-4-11-23(20,21)3)6-7-18-13-19(24)14-22(25)16(18)2/h6-7,15,19-22,24-25H,2,4-5,8-14,26H2,1,3H3/b17-6+,18-7-/t15-,19-,20-,21+,22+,23-/m1/s1. The first-order chi connectivity index (χ1) is 12.4. The van der Waals surface area contributed by atoms with Crippen LogP contribution in [0.3, 0.4) is 0 Å². The maximum absolute atomic E-state index is 10.1. The highest BCUT2D eigenvalue weighted by atomic mass is 31.0. The molecule has 3 saturated carbocycles. The van der Waals surface area contributed by atoms with Crippen LogP contribution in [0.15, 0.2) is 35.5 Å². The van der Waals surface area contributed by atoms with E-state index in [0.717, 1.165) is 23.0 Å². The Morgan fingerprint density at radius 3 is 2.81 bits per heavy atom. The first-order valence-corrected chi connectivity index (χ1v) is 11.3. The predicted molar refractivity (Wildman–Crippen MR) is 113 cm³/mol. The molecule has 0 heterocycles. The lowest BCUT2D eigenvalue weighted by molar-refractivity contribution is 0.0861. The maximum atomic E-state index is 10.1. The number of fused-ring (bicyclic) bond motifs is 1. The lowest BCUT2D eigenvalue weighted by atomic mass is 9.61. The minimum atomic E-state index is -0.594. The summed E-state index contributed by atoms with van der Waals surface area (Å²) >= 11 is 0. The van der Waals surface area contributed by atoms with E-state index in [4.69, 9.17) is 0 Å². The fourth-order valence-electron chi connectivity index (χ4n) is 6.14. The molecule has 3 fully saturated rings. The third-order valence-electron chi connectivity index (χ3n) is 7.61. The lowest BCUT2D eigenvalue weighted by Crippen LogP contribution is -2.36. The number of rotatable bonds is 4. The van der Waals surface area contributed by atoms with Crippen LogP contribution in [0, 0.1) is 23.2 Å². The van der Waals surface area contributed by atoms with Crippen molar-refractivity contribution in [2.75, 3.05) is 6.16 Å². The molecule has 0 aromatic heterocycles. The third kappa shape index (κ3) is 3.89. The van der Waals surface area contributed by atoms with Crippen LogP contribution in [0.2, 0.25) is 0 Å². The molecule has 0 amide bonds. The summed E-state index contributed by atoms with van der Waals surface area (Å²) in [5.41, 5.74) is 3.87. The lowest BCUT2D eigenvalue weighted by Gasteiger charge is -2.44. The van der Waals surface area contributed by atoms with Crippen molar-refractivity contribution in [1.29, 1.82) is 0 Å². The molecule has 26 heavy (non-hydrogen) atoms. The Bertz CT molecular complexity index is 593. The number of hydrogen-bond donors (Lipinski definition) is 2. The SMILES string of the molecule is C=C1/C(=C\C=C2/CCC[C@]3(C)[C@@H]([C@H](C)CCP)CC[C@@H]23)C[C@@H](O)C[C@@H]1O. The van der Waals surface area contributed by atoms with Gasteiger partial charge in [-0.3, -0.25) is 0 Å². The van der Waals surface area contributed by atoms with E-state index in [1.807, 2.05) is 0 Å². The van der Waals surface area contributed by atoms with Crippen molar-refractivity contribution >= 4 is 9.24 Å². The van der Waals surface area contributed by atoms with Crippen LogP contribution in [-0.2, 0) is 0 Å². The Labute approximate surface area is 162 Å². The summed E-state index contributed by atoms with van der Waals surface area (Å²) in [5, 5.41) is 20.0. The first kappa shape index (κ1) is 20.3. The second-order valence-corrected chi connectivity index (χ2v) is 9.80. The second kappa shape index (κ2) is 8.29. The number of aliphatic hydroxyl groups is 2. The molecule has 1 unspecified atom stereocenters. The van der Waals surface area contributed by atoms with Gasteiger partial charge in [0.05, 0.1) is 12.2 Å². The smallest absolute Gasteiger partial charge is 0.0811 e. The van der Waals surface area contributed by atoms with Crippen molar-refractivity contribution in [1.82, 2.24) is 0 Å². The van der Waals surface area contributed by atoms with Crippen LogP contribution >= 0.6 is 9.24 Å². The monoisotopic (exact) mass is 376 g/mol. The highest BCUT2D eigenvalue weighted by molar-refractivity contribution is 7.16. The van der Waals surface area contributed by atoms with E-state index in [1.54, 1.807) is 5.57 Å². The van der Waals surface area contributed by atoms with Crippen molar-refractivity contribution < 1.29 is 10.2 Å². The molecule has 3 aliphatic carbocycles. The van der Waals surface area contributed by atoms with Crippen LogP contribution < -0.4 is 0 Å². The zero-order valence-electron chi connectivity index (χ0n) is 16.6. The first-order valence-electron chi connectivity index (χ1n) is 10.5. The van der Waals surface area contributed by atoms with Gasteiger partial charge in [-0.1, -0.05) is 38.2 Å². The van der Waals surface area contributed by atoms with Crippen LogP contribution in [0.1, 0.15) is 65.2 Å². The molecule has 0 radical (unpaired) electrons. The molecule has 0 aliphatic heterocycles. The third-order valence-corrected chi connectivity index (χ3v) is 7.94. The van der Waals surface area contributed by atoms with Gasteiger partial charge in [0.25, 0.3) is 0 Å². The molecule has 0 bridgehead atoms. The zero-order chi connectivity index (χ0) is 18.9. The van der Waals surface area contributed by atoms with Gasteiger partial charge >= 0.3 is 0 Å². The van der Waals surface area contributed by atoms with Gasteiger partial charge < -0.3 is 10.2 Å². The quantitative estimate of drug-likeness (QED) is 0.676. The fourth-order valence-corrected chi connectivity index (χ4v) is 6.67. The molecule has 3 aliphatic rings. The second-order valence-electron chi connectivity index (χ2n) is 9.22. The van der Waals surface area contributed by atoms with Crippen molar-refractivity contribution in [3.8, 4) is 0 Å². The average molecular weight is 377 g/mol. The molecule has 146 valence electrons. The van der Waals surface area contributed by atoms with E-state index in [9.17, 15) is 10.2 Å². The maximum Gasteiger partial charge on any atom is 0.0811 e. The molecule has 0 aromatic carbocycles. The normalized spacial score (nSPS) is 42.3. The molecule has 2 nitrogen and oxygen atoms in total. The highest BCUT2D eigenvalue weighted by Crippen LogP contribution is 2.59. The summed E-state index contributed by atoms with van der Waals surface area (Å²) < 4.78 is 0. The molecule has 0 saturated heterocycles. The molecular formula is C23H37O2P. The van der Waals surface area contributed by atoms with Gasteiger partial charge in [0.15, 0.2) is 0 Å². The highest BCUT2D eigenvalue weighted by Gasteiger charge is 2.50. The molecule has 0 aromatic rings. The molecule has 0 spiro atoms. The Hall–Kier alpha value is -0.430. The summed E-state index contributed by atoms with van der Waals surface area (Å²) in [6.45, 7) is 9.05. The van der Waals surface area contributed by atoms with Gasteiger partial charge in [0.2, 0.25) is 0 Å². The van der Waals surface area contributed by atoms with Gasteiger partial charge in [-0.2, -0.15) is 0 Å². The van der Waals surface area contributed by atoms with E-state index in [1.165, 1.54) is 44.7 Å². The Morgan fingerprint density at radius 2 is 2.08 bits per heavy atom. The van der Waals surface area contributed by atoms with E-state index >= 15 is 0 Å². The van der Waals surface area contributed by atoms with Gasteiger partial charge in [0, 0.05) is 6.42 Å². The Morgan fingerprint density at radius 1 is 1.31 bits per heavy atom. The summed E-state index contributed by atoms with van der Waals surface area (Å²) in [6, 6.07) is 0. The van der Waals surface area contributed by atoms with Crippen LogP contribution in [0.5, 0.6) is 0 Å². The molecule has 3 heteroatoms. The topological polar surface area (TPSA) is 40.5 Å². The molecule has 2 N–H and O–H groups in total. The molecular weight excluding hydrogens is 339 g/mol. The van der Waals surface area contributed by atoms with Crippen molar-refractivity contribution in [3.05, 3.63) is 35.5 Å². The van der Waals surface area contributed by atoms with Gasteiger partial charge in [-0.15, -0.1) is 9.24 Å². The number of allylic oxidation sites excluding steroid dienone is 3. The fraction of sp³-hybridized carbons (Fsp3) is 0.739. The summed E-state index contributed by atoms with van der Waals surface area (Å²) in [6.07, 6.45) is 13.5. The van der Waals surface area contributed by atoms with E-state index in [0.29, 0.717) is 24.2 Å². The van der Waals surface area contributed by atoms with Crippen LogP contribution in [-0.4, -0.2) is 28.6 Å². The van der Waals surface area contributed by atoms with Gasteiger partial charge in [0.1, 0.15) is 0 Å². The molecule has 7 atom stereocenters. The number of aliphatic hydroxyl groups excluding tert-OH is 2. The van der Waals surface area contributed by atoms with Crippen LogP contribution in [0.25, 0.3) is 0 Å². The Balaban J connectivity index is 1.80. The minimum Gasteiger partial charge on any atom is -0.393 e. The van der Waals surface area contributed by atoms with E-state index in [-0.39, 0.29) is 0 Å². The molecule has 3 rings (SSSR count). The van der Waals surface area contributed by atoms with Crippen molar-refractivity contribution in [2.45, 2.75) is 77.4 Å². The van der Waals surface area contributed by atoms with Gasteiger partial charge in [-0.05, 0) is 85.4 Å². The summed E-state index contributed by atoms with van der Waals surface area (Å²) in [4.78, 5) is 0. The minimum absolute atomic E-state index is 0.419. The summed E-state index contributed by atoms with van der Waals surface area (Å²) in [7, 11) is 2.90.